The predicted octanol–water partition coefficient (Wildman–Crippen LogP) is 4.05. The summed E-state index contributed by atoms with van der Waals surface area (Å²) in [7, 11) is 1.64. The van der Waals surface area contributed by atoms with Gasteiger partial charge in [0, 0.05) is 11.3 Å². The van der Waals surface area contributed by atoms with Crippen LogP contribution in [0.1, 0.15) is 45.8 Å². The number of carbonyl (C=O) groups is 1. The molecule has 0 radical (unpaired) electrons. The Morgan fingerprint density at radius 2 is 1.78 bits per heavy atom. The zero-order valence-corrected chi connectivity index (χ0v) is 16.2. The molecule has 1 amide bonds. The molecule has 0 aliphatic heterocycles. The van der Waals surface area contributed by atoms with Crippen LogP contribution < -0.4 is 10.1 Å². The fraction of sp³-hybridized carbons (Fsp3) is 0.273. The number of hydrogen-bond donors (Lipinski definition) is 1. The van der Waals surface area contributed by atoms with Crippen LogP contribution in [0.2, 0.25) is 0 Å². The normalized spacial score (nSPS) is 11.9. The third-order valence-electron chi connectivity index (χ3n) is 4.62. The van der Waals surface area contributed by atoms with Crippen molar-refractivity contribution in [3.63, 3.8) is 0 Å². The van der Waals surface area contributed by atoms with E-state index in [-0.39, 0.29) is 11.9 Å². The maximum Gasteiger partial charge on any atom is 0.251 e. The zero-order chi connectivity index (χ0) is 19.4. The average molecular weight is 363 g/mol. The molecule has 0 spiro atoms. The smallest absolute Gasteiger partial charge is 0.251 e. The van der Waals surface area contributed by atoms with E-state index in [2.05, 4.69) is 16.5 Å². The summed E-state index contributed by atoms with van der Waals surface area (Å²) >= 11 is 0. The molecule has 1 aromatic heterocycles. The van der Waals surface area contributed by atoms with Gasteiger partial charge in [0.05, 0.1) is 25.4 Å². The lowest BCUT2D eigenvalue weighted by Gasteiger charge is -2.15. The number of benzene rings is 2. The maximum absolute atomic E-state index is 12.5. The minimum Gasteiger partial charge on any atom is -0.497 e. The van der Waals surface area contributed by atoms with Gasteiger partial charge >= 0.3 is 0 Å². The minimum absolute atomic E-state index is 0.0854. The fourth-order valence-corrected chi connectivity index (χ4v) is 3.03. The van der Waals surface area contributed by atoms with Crippen LogP contribution in [0.3, 0.4) is 0 Å². The largest absolute Gasteiger partial charge is 0.497 e. The molecule has 0 fully saturated rings. The van der Waals surface area contributed by atoms with Gasteiger partial charge in [-0.25, -0.2) is 0 Å². The van der Waals surface area contributed by atoms with Crippen molar-refractivity contribution in [2.75, 3.05) is 7.11 Å². The number of carbonyl (C=O) groups excluding carboxylic acids is 1. The molecule has 3 aromatic rings. The SMILES string of the molecule is COc1ccc([C@@H](C)NC(=O)c2ccc(Cn3nc(C)cc3C)cc2)cc1. The van der Waals surface area contributed by atoms with Gasteiger partial charge in [-0.1, -0.05) is 24.3 Å². The van der Waals surface area contributed by atoms with Crippen LogP contribution in [0.5, 0.6) is 5.75 Å². The van der Waals surface area contributed by atoms with Crippen molar-refractivity contribution in [1.82, 2.24) is 15.1 Å². The Bertz CT molecular complexity index is 912. The molecule has 3 rings (SSSR count). The van der Waals surface area contributed by atoms with E-state index in [9.17, 15) is 4.79 Å². The van der Waals surface area contributed by atoms with Gasteiger partial charge in [0.25, 0.3) is 5.91 Å². The number of hydrogen-bond acceptors (Lipinski definition) is 3. The summed E-state index contributed by atoms with van der Waals surface area (Å²) in [5, 5.41) is 7.51. The van der Waals surface area contributed by atoms with Gasteiger partial charge in [-0.2, -0.15) is 5.10 Å². The molecule has 5 heteroatoms. The molecular weight excluding hydrogens is 338 g/mol. The number of aryl methyl sites for hydroxylation is 2. The molecule has 140 valence electrons. The molecule has 1 N–H and O–H groups in total. The van der Waals surface area contributed by atoms with E-state index in [1.807, 2.05) is 74.0 Å². The van der Waals surface area contributed by atoms with E-state index in [4.69, 9.17) is 4.74 Å². The number of ether oxygens (including phenoxy) is 1. The highest BCUT2D eigenvalue weighted by molar-refractivity contribution is 5.94. The Hall–Kier alpha value is -3.08. The van der Waals surface area contributed by atoms with E-state index in [0.717, 1.165) is 28.3 Å². The Morgan fingerprint density at radius 1 is 1.11 bits per heavy atom. The zero-order valence-electron chi connectivity index (χ0n) is 16.2. The van der Waals surface area contributed by atoms with Gasteiger partial charge in [0.1, 0.15) is 5.75 Å². The summed E-state index contributed by atoms with van der Waals surface area (Å²) in [6.45, 7) is 6.70. The lowest BCUT2D eigenvalue weighted by molar-refractivity contribution is 0.0940. The van der Waals surface area contributed by atoms with Crippen molar-refractivity contribution in [3.8, 4) is 5.75 Å². The van der Waals surface area contributed by atoms with Gasteiger partial charge in [-0.3, -0.25) is 9.48 Å². The van der Waals surface area contributed by atoms with Gasteiger partial charge in [-0.15, -0.1) is 0 Å². The minimum atomic E-state index is -0.0871. The third-order valence-corrected chi connectivity index (χ3v) is 4.62. The summed E-state index contributed by atoms with van der Waals surface area (Å²) in [4.78, 5) is 12.5. The highest BCUT2D eigenvalue weighted by atomic mass is 16.5. The lowest BCUT2D eigenvalue weighted by atomic mass is 10.1. The molecular formula is C22H25N3O2. The van der Waals surface area contributed by atoms with Crippen molar-refractivity contribution >= 4 is 5.91 Å². The fourth-order valence-electron chi connectivity index (χ4n) is 3.03. The van der Waals surface area contributed by atoms with Crippen LogP contribution in [0.25, 0.3) is 0 Å². The highest BCUT2D eigenvalue weighted by Crippen LogP contribution is 2.18. The monoisotopic (exact) mass is 363 g/mol. The molecule has 5 nitrogen and oxygen atoms in total. The topological polar surface area (TPSA) is 56.1 Å². The van der Waals surface area contributed by atoms with Gasteiger partial charge in [0.15, 0.2) is 0 Å². The molecule has 0 aliphatic rings. The second-order valence-corrected chi connectivity index (χ2v) is 6.75. The molecule has 0 aliphatic carbocycles. The Morgan fingerprint density at radius 3 is 2.33 bits per heavy atom. The van der Waals surface area contributed by atoms with Gasteiger partial charge in [-0.05, 0) is 62.2 Å². The molecule has 0 unspecified atom stereocenters. The molecule has 0 saturated carbocycles. The van der Waals surface area contributed by atoms with Crippen LogP contribution in [-0.4, -0.2) is 22.8 Å². The third kappa shape index (κ3) is 4.56. The van der Waals surface area contributed by atoms with Crippen molar-refractivity contribution in [1.29, 1.82) is 0 Å². The first-order valence-electron chi connectivity index (χ1n) is 9.01. The summed E-state index contributed by atoms with van der Waals surface area (Å²) in [6.07, 6.45) is 0. The predicted molar refractivity (Wildman–Crippen MR) is 106 cm³/mol. The van der Waals surface area contributed by atoms with Crippen molar-refractivity contribution in [2.24, 2.45) is 0 Å². The van der Waals surface area contributed by atoms with Crippen LogP contribution in [-0.2, 0) is 6.54 Å². The highest BCUT2D eigenvalue weighted by Gasteiger charge is 2.12. The van der Waals surface area contributed by atoms with Crippen molar-refractivity contribution in [3.05, 3.63) is 82.7 Å². The number of nitrogens with zero attached hydrogens (tertiary/aromatic N) is 2. The van der Waals surface area contributed by atoms with Crippen LogP contribution >= 0.6 is 0 Å². The molecule has 1 atom stereocenters. The number of aromatic nitrogens is 2. The second kappa shape index (κ2) is 8.08. The van der Waals surface area contributed by atoms with Crippen molar-refractivity contribution in [2.45, 2.75) is 33.4 Å². The summed E-state index contributed by atoms with van der Waals surface area (Å²) in [5.74, 6) is 0.714. The van der Waals surface area contributed by atoms with E-state index in [0.29, 0.717) is 12.1 Å². The van der Waals surface area contributed by atoms with Crippen LogP contribution in [0, 0.1) is 13.8 Å². The first kappa shape index (κ1) is 18.7. The first-order chi connectivity index (χ1) is 13.0. The Kier molecular flexibility index (Phi) is 5.60. The first-order valence-corrected chi connectivity index (χ1v) is 9.01. The molecule has 0 saturated heterocycles. The standard InChI is InChI=1S/C22H25N3O2/c1-15-13-16(2)25(24-15)14-18-5-7-20(8-6-18)22(26)23-17(3)19-9-11-21(27-4)12-10-19/h5-13,17H,14H2,1-4H3,(H,23,26)/t17-/m1/s1. The molecule has 2 aromatic carbocycles. The van der Waals surface area contributed by atoms with Crippen LogP contribution in [0.4, 0.5) is 0 Å². The van der Waals surface area contributed by atoms with Gasteiger partial charge in [0.2, 0.25) is 0 Å². The summed E-state index contributed by atoms with van der Waals surface area (Å²) in [5.41, 5.74) is 4.93. The Labute approximate surface area is 160 Å². The number of rotatable bonds is 6. The molecule has 1 heterocycles. The molecule has 0 bridgehead atoms. The maximum atomic E-state index is 12.5. The van der Waals surface area contributed by atoms with E-state index >= 15 is 0 Å². The lowest BCUT2D eigenvalue weighted by Crippen LogP contribution is -2.26. The van der Waals surface area contributed by atoms with Gasteiger partial charge < -0.3 is 10.1 Å². The van der Waals surface area contributed by atoms with E-state index in [1.54, 1.807) is 7.11 Å². The Balaban J connectivity index is 1.63. The number of methoxy groups -OCH3 is 1. The van der Waals surface area contributed by atoms with Crippen LogP contribution in [0.15, 0.2) is 54.6 Å². The molecule has 27 heavy (non-hydrogen) atoms. The average Bonchev–Trinajstić information content (AvgIpc) is 2.99. The summed E-state index contributed by atoms with van der Waals surface area (Å²) in [6, 6.07) is 17.3. The quantitative estimate of drug-likeness (QED) is 0.719. The summed E-state index contributed by atoms with van der Waals surface area (Å²) < 4.78 is 7.14. The number of amides is 1. The second-order valence-electron chi connectivity index (χ2n) is 6.75. The van der Waals surface area contributed by atoms with E-state index < -0.39 is 0 Å². The van der Waals surface area contributed by atoms with Crippen molar-refractivity contribution < 1.29 is 9.53 Å². The van der Waals surface area contributed by atoms with E-state index in [1.165, 1.54) is 0 Å². The number of nitrogens with one attached hydrogen (secondary N) is 1.